The maximum Gasteiger partial charge on any atom is 0.229 e. The van der Waals surface area contributed by atoms with E-state index in [4.69, 9.17) is 4.74 Å². The Hall–Kier alpha value is -1.65. The predicted octanol–water partition coefficient (Wildman–Crippen LogP) is 2.09. The van der Waals surface area contributed by atoms with E-state index in [1.807, 2.05) is 0 Å². The minimum Gasteiger partial charge on any atom is -0.373 e. The Labute approximate surface area is 147 Å². The van der Waals surface area contributed by atoms with Crippen molar-refractivity contribution < 1.29 is 9.53 Å². The largest absolute Gasteiger partial charge is 0.373 e. The van der Waals surface area contributed by atoms with Crippen LogP contribution < -0.4 is 4.90 Å². The number of hydrogen-bond donors (Lipinski definition) is 0. The SMILES string of the molecule is O=C1C[C@@H]2OCC=C3CN4CC[C@]56c7ccccc7N1[C@@H]5[C@H]2[C@H]3C[C@H]46. The molecule has 1 saturated carbocycles. The van der Waals surface area contributed by atoms with E-state index in [2.05, 4.69) is 40.1 Å². The van der Waals surface area contributed by atoms with Crippen LogP contribution >= 0.6 is 0 Å². The van der Waals surface area contributed by atoms with Gasteiger partial charge in [-0.25, -0.2) is 0 Å². The first-order valence-electron chi connectivity index (χ1n) is 9.75. The monoisotopic (exact) mass is 334 g/mol. The number of nitrogens with zero attached hydrogens (tertiary/aromatic N) is 2. The van der Waals surface area contributed by atoms with Crippen molar-refractivity contribution in [2.75, 3.05) is 24.6 Å². The third kappa shape index (κ3) is 1.33. The lowest BCUT2D eigenvalue weighted by molar-refractivity contribution is -0.132. The minimum atomic E-state index is 0.104. The molecule has 25 heavy (non-hydrogen) atoms. The summed E-state index contributed by atoms with van der Waals surface area (Å²) in [5.41, 5.74) is 4.35. The predicted molar refractivity (Wildman–Crippen MR) is 93.4 cm³/mol. The van der Waals surface area contributed by atoms with E-state index in [-0.39, 0.29) is 17.4 Å². The van der Waals surface area contributed by atoms with Gasteiger partial charge in [0.15, 0.2) is 0 Å². The second-order valence-corrected chi connectivity index (χ2v) is 8.78. The second-order valence-electron chi connectivity index (χ2n) is 8.78. The highest BCUT2D eigenvalue weighted by Crippen LogP contribution is 2.65. The van der Waals surface area contributed by atoms with Crippen LogP contribution in [0.4, 0.5) is 5.69 Å². The third-order valence-electron chi connectivity index (χ3n) is 8.22. The molecule has 0 unspecified atom stereocenters. The first kappa shape index (κ1) is 13.5. The van der Waals surface area contributed by atoms with Crippen LogP contribution in [0.15, 0.2) is 35.9 Å². The molecule has 0 N–H and O–H groups in total. The van der Waals surface area contributed by atoms with Crippen LogP contribution in [0, 0.1) is 11.8 Å². The number of amides is 1. The van der Waals surface area contributed by atoms with Gasteiger partial charge in [-0.3, -0.25) is 9.69 Å². The number of anilines is 1. The van der Waals surface area contributed by atoms with Crippen LogP contribution in [0.5, 0.6) is 0 Å². The summed E-state index contributed by atoms with van der Waals surface area (Å²) in [7, 11) is 0. The highest BCUT2D eigenvalue weighted by molar-refractivity contribution is 5.99. The molecule has 128 valence electrons. The van der Waals surface area contributed by atoms with Crippen LogP contribution in [0.25, 0.3) is 0 Å². The number of rotatable bonds is 0. The van der Waals surface area contributed by atoms with Crippen LogP contribution in [-0.2, 0) is 14.9 Å². The Kier molecular flexibility index (Phi) is 2.27. The van der Waals surface area contributed by atoms with Gasteiger partial charge < -0.3 is 9.64 Å². The molecular weight excluding hydrogens is 312 g/mol. The zero-order valence-corrected chi connectivity index (χ0v) is 14.2. The Morgan fingerprint density at radius 2 is 2.16 bits per heavy atom. The molecule has 7 rings (SSSR count). The number of fused-ring (bicyclic) bond motifs is 2. The standard InChI is InChI=1S/C21H22N2O2/c24-18-10-16-19-13-9-17-21(6-7-22(17)11-12(13)5-8-25-16)14-3-1-2-4-15(14)23(18)20(19)21/h1-5,13,16-17,19-20H,6-11H2/t13-,16-,17-,19-,20+,21+/m0/s1. The molecular formula is C21H22N2O2. The zero-order chi connectivity index (χ0) is 16.3. The fourth-order valence-electron chi connectivity index (χ4n) is 7.51. The van der Waals surface area contributed by atoms with E-state index in [0.29, 0.717) is 36.9 Å². The van der Waals surface area contributed by atoms with Crippen molar-refractivity contribution >= 4 is 11.6 Å². The minimum absolute atomic E-state index is 0.104. The number of hydrogen-bond acceptors (Lipinski definition) is 3. The summed E-state index contributed by atoms with van der Waals surface area (Å²) < 4.78 is 6.25. The first-order chi connectivity index (χ1) is 12.3. The van der Waals surface area contributed by atoms with Crippen molar-refractivity contribution in [1.82, 2.24) is 4.90 Å². The van der Waals surface area contributed by atoms with Crippen molar-refractivity contribution in [1.29, 1.82) is 0 Å². The van der Waals surface area contributed by atoms with Gasteiger partial charge in [-0.2, -0.15) is 0 Å². The Morgan fingerprint density at radius 3 is 3.12 bits per heavy atom. The second kappa shape index (κ2) is 4.18. The van der Waals surface area contributed by atoms with Gasteiger partial charge in [0.1, 0.15) is 0 Å². The number of carbonyl (C=O) groups is 1. The smallest absolute Gasteiger partial charge is 0.229 e. The molecule has 1 aliphatic carbocycles. The molecule has 6 aliphatic rings. The highest BCUT2D eigenvalue weighted by Gasteiger charge is 2.70. The molecule has 6 atom stereocenters. The van der Waals surface area contributed by atoms with Gasteiger partial charge >= 0.3 is 0 Å². The molecule has 5 aliphatic heterocycles. The third-order valence-corrected chi connectivity index (χ3v) is 8.22. The lowest BCUT2D eigenvalue weighted by Gasteiger charge is -2.58. The van der Waals surface area contributed by atoms with Gasteiger partial charge in [0.05, 0.1) is 25.2 Å². The molecule has 1 aromatic carbocycles. The average Bonchev–Trinajstić information content (AvgIpc) is 3.10. The quantitative estimate of drug-likeness (QED) is 0.681. The molecule has 1 spiro atoms. The van der Waals surface area contributed by atoms with E-state index in [0.717, 1.165) is 6.54 Å². The first-order valence-corrected chi connectivity index (χ1v) is 9.75. The molecule has 3 saturated heterocycles. The summed E-state index contributed by atoms with van der Waals surface area (Å²) in [4.78, 5) is 18.1. The molecule has 1 amide bonds. The topological polar surface area (TPSA) is 32.8 Å². The van der Waals surface area contributed by atoms with Crippen LogP contribution in [0.3, 0.4) is 0 Å². The van der Waals surface area contributed by atoms with Gasteiger partial charge in [-0.15, -0.1) is 0 Å². The summed E-state index contributed by atoms with van der Waals surface area (Å²) in [5.74, 6) is 1.35. The average molecular weight is 334 g/mol. The summed E-state index contributed by atoms with van der Waals surface area (Å²) >= 11 is 0. The summed E-state index contributed by atoms with van der Waals surface area (Å²) in [5, 5.41) is 0. The fourth-order valence-corrected chi connectivity index (χ4v) is 7.51. The van der Waals surface area contributed by atoms with E-state index >= 15 is 0 Å². The molecule has 2 bridgehead atoms. The lowest BCUT2D eigenvalue weighted by Crippen LogP contribution is -2.69. The maximum atomic E-state index is 13.2. The molecule has 0 radical (unpaired) electrons. The highest BCUT2D eigenvalue weighted by atomic mass is 16.5. The van der Waals surface area contributed by atoms with Gasteiger partial charge in [0.25, 0.3) is 0 Å². The van der Waals surface area contributed by atoms with Crippen molar-refractivity contribution in [3.05, 3.63) is 41.5 Å². The van der Waals surface area contributed by atoms with E-state index in [9.17, 15) is 4.79 Å². The van der Waals surface area contributed by atoms with Crippen LogP contribution in [-0.4, -0.2) is 48.7 Å². The van der Waals surface area contributed by atoms with E-state index in [1.54, 1.807) is 5.57 Å². The maximum absolute atomic E-state index is 13.2. The van der Waals surface area contributed by atoms with Crippen molar-refractivity contribution in [3.8, 4) is 0 Å². The molecule has 4 heteroatoms. The fraction of sp³-hybridized carbons (Fsp3) is 0.571. The Morgan fingerprint density at radius 1 is 1.24 bits per heavy atom. The summed E-state index contributed by atoms with van der Waals surface area (Å²) in [6.45, 7) is 2.97. The zero-order valence-electron chi connectivity index (χ0n) is 14.2. The Bertz CT molecular complexity index is 848. The van der Waals surface area contributed by atoms with Gasteiger partial charge in [0.2, 0.25) is 5.91 Å². The molecule has 4 fully saturated rings. The number of ether oxygens (including phenoxy) is 1. The number of benzene rings is 1. The number of piperidine rings is 2. The van der Waals surface area contributed by atoms with Crippen molar-refractivity contribution in [2.45, 2.75) is 42.9 Å². The molecule has 0 aromatic heterocycles. The normalized spacial score (nSPS) is 45.9. The molecule has 4 nitrogen and oxygen atoms in total. The summed E-state index contributed by atoms with van der Waals surface area (Å²) in [6.07, 6.45) is 5.43. The molecule has 1 aromatic rings. The lowest BCUT2D eigenvalue weighted by atomic mass is 9.53. The van der Waals surface area contributed by atoms with Crippen LogP contribution in [0.1, 0.15) is 24.8 Å². The Balaban J connectivity index is 1.55. The van der Waals surface area contributed by atoms with Gasteiger partial charge in [-0.05, 0) is 36.9 Å². The number of carbonyl (C=O) groups excluding carboxylic acids is 1. The number of para-hydroxylation sites is 1. The molecule has 5 heterocycles. The van der Waals surface area contributed by atoms with Crippen LogP contribution in [0.2, 0.25) is 0 Å². The van der Waals surface area contributed by atoms with Gasteiger partial charge in [-0.1, -0.05) is 29.8 Å². The van der Waals surface area contributed by atoms with Crippen molar-refractivity contribution in [2.24, 2.45) is 11.8 Å². The van der Waals surface area contributed by atoms with Crippen molar-refractivity contribution in [3.63, 3.8) is 0 Å². The summed E-state index contributed by atoms with van der Waals surface area (Å²) in [6, 6.07) is 9.64. The van der Waals surface area contributed by atoms with E-state index < -0.39 is 0 Å². The van der Waals surface area contributed by atoms with E-state index in [1.165, 1.54) is 30.6 Å². The van der Waals surface area contributed by atoms with Gasteiger partial charge in [0, 0.05) is 29.6 Å².